The predicted octanol–water partition coefficient (Wildman–Crippen LogP) is 8.84. The molecule has 5 rings (SSSR count). The van der Waals surface area contributed by atoms with E-state index in [1.54, 1.807) is 54.6 Å². The van der Waals surface area contributed by atoms with Gasteiger partial charge < -0.3 is 15.0 Å². The number of rotatable bonds is 15. The SMILES string of the molecule is CC[C@@H](C)NC(=O)[C@@H](Cc1ccccc1)N(Cc1c(Cl)cccc1Cl)C(=O)CN(c1ccc(Oc2ccccc2)cc1)S(=O)(=O)c1ccc(C)cc1. The van der Waals surface area contributed by atoms with E-state index in [2.05, 4.69) is 5.32 Å². The molecule has 270 valence electrons. The van der Waals surface area contributed by atoms with Gasteiger partial charge in [-0.15, -0.1) is 0 Å². The van der Waals surface area contributed by atoms with Crippen LogP contribution in [0.1, 0.15) is 37.0 Å². The number of ether oxygens (including phenoxy) is 1. The zero-order valence-corrected chi connectivity index (χ0v) is 31.5. The second kappa shape index (κ2) is 17.6. The number of anilines is 1. The minimum Gasteiger partial charge on any atom is -0.457 e. The average Bonchev–Trinajstić information content (AvgIpc) is 3.14. The Bertz CT molecular complexity index is 2040. The Balaban J connectivity index is 1.59. The summed E-state index contributed by atoms with van der Waals surface area (Å²) in [6.07, 6.45) is 0.827. The third-order valence-corrected chi connectivity index (χ3v) is 11.2. The first-order valence-electron chi connectivity index (χ1n) is 16.9. The number of nitrogens with zero attached hydrogens (tertiary/aromatic N) is 2. The van der Waals surface area contributed by atoms with Crippen LogP contribution in [-0.4, -0.2) is 43.8 Å². The first-order chi connectivity index (χ1) is 25.0. The van der Waals surface area contributed by atoms with Gasteiger partial charge in [0.15, 0.2) is 0 Å². The third kappa shape index (κ3) is 9.73. The molecular weight excluding hydrogens is 717 g/mol. The molecule has 5 aromatic rings. The molecule has 0 aliphatic rings. The molecule has 0 unspecified atom stereocenters. The Morgan fingerprint density at radius 1 is 0.769 bits per heavy atom. The summed E-state index contributed by atoms with van der Waals surface area (Å²) in [5.41, 5.74) is 2.36. The van der Waals surface area contributed by atoms with Gasteiger partial charge in [-0.3, -0.25) is 13.9 Å². The Kier molecular flexibility index (Phi) is 13.0. The second-order valence-corrected chi connectivity index (χ2v) is 15.2. The van der Waals surface area contributed by atoms with E-state index in [9.17, 15) is 18.0 Å². The van der Waals surface area contributed by atoms with E-state index in [1.165, 1.54) is 17.0 Å². The normalized spacial score (nSPS) is 12.4. The van der Waals surface area contributed by atoms with Crippen molar-refractivity contribution in [1.29, 1.82) is 0 Å². The Morgan fingerprint density at radius 3 is 1.94 bits per heavy atom. The van der Waals surface area contributed by atoms with E-state index >= 15 is 0 Å². The van der Waals surface area contributed by atoms with Crippen molar-refractivity contribution in [3.63, 3.8) is 0 Å². The number of nitrogens with one attached hydrogen (secondary N) is 1. The molecule has 2 amide bonds. The number of sulfonamides is 1. The highest BCUT2D eigenvalue weighted by atomic mass is 35.5. The minimum absolute atomic E-state index is 0.00607. The summed E-state index contributed by atoms with van der Waals surface area (Å²) in [4.78, 5) is 30.3. The minimum atomic E-state index is -4.30. The van der Waals surface area contributed by atoms with Crippen LogP contribution in [0.3, 0.4) is 0 Å². The van der Waals surface area contributed by atoms with Gasteiger partial charge in [-0.25, -0.2) is 8.42 Å². The van der Waals surface area contributed by atoms with Crippen molar-refractivity contribution in [2.75, 3.05) is 10.8 Å². The van der Waals surface area contributed by atoms with E-state index in [0.29, 0.717) is 33.5 Å². The number of hydrogen-bond acceptors (Lipinski definition) is 5. The summed E-state index contributed by atoms with van der Waals surface area (Å²) >= 11 is 13.3. The van der Waals surface area contributed by atoms with Crippen molar-refractivity contribution in [2.24, 2.45) is 0 Å². The summed E-state index contributed by atoms with van der Waals surface area (Å²) in [6.45, 7) is 4.92. The highest BCUT2D eigenvalue weighted by molar-refractivity contribution is 7.92. The smallest absolute Gasteiger partial charge is 0.264 e. The van der Waals surface area contributed by atoms with E-state index in [-0.39, 0.29) is 35.5 Å². The lowest BCUT2D eigenvalue weighted by Crippen LogP contribution is -2.54. The monoisotopic (exact) mass is 757 g/mol. The topological polar surface area (TPSA) is 96.0 Å². The largest absolute Gasteiger partial charge is 0.457 e. The molecule has 2 atom stereocenters. The molecule has 5 aromatic carbocycles. The molecule has 52 heavy (non-hydrogen) atoms. The van der Waals surface area contributed by atoms with Crippen molar-refractivity contribution in [1.82, 2.24) is 10.2 Å². The summed E-state index contributed by atoms with van der Waals surface area (Å²) < 4.78 is 35.9. The van der Waals surface area contributed by atoms with Gasteiger partial charge in [-0.2, -0.15) is 0 Å². The molecule has 11 heteroatoms. The molecular formula is C41H41Cl2N3O5S. The second-order valence-electron chi connectivity index (χ2n) is 12.5. The molecule has 0 aliphatic heterocycles. The molecule has 1 N–H and O–H groups in total. The zero-order valence-electron chi connectivity index (χ0n) is 29.2. The first-order valence-corrected chi connectivity index (χ1v) is 19.1. The number of carbonyl (C=O) groups excluding carboxylic acids is 2. The fraction of sp³-hybridized carbons (Fsp3) is 0.220. The van der Waals surface area contributed by atoms with Crippen molar-refractivity contribution >= 4 is 50.7 Å². The molecule has 0 saturated heterocycles. The van der Waals surface area contributed by atoms with Crippen LogP contribution in [0.5, 0.6) is 11.5 Å². The van der Waals surface area contributed by atoms with Crippen molar-refractivity contribution < 1.29 is 22.7 Å². The van der Waals surface area contributed by atoms with Crippen molar-refractivity contribution in [3.05, 3.63) is 154 Å². The molecule has 0 saturated carbocycles. The molecule has 0 aromatic heterocycles. The van der Waals surface area contributed by atoms with E-state index in [1.807, 2.05) is 81.4 Å². The van der Waals surface area contributed by atoms with Gasteiger partial charge in [0.1, 0.15) is 24.1 Å². The van der Waals surface area contributed by atoms with Gasteiger partial charge in [-0.1, -0.05) is 102 Å². The number of para-hydroxylation sites is 1. The first kappa shape index (κ1) is 38.4. The van der Waals surface area contributed by atoms with E-state index < -0.39 is 28.5 Å². The number of hydrogen-bond donors (Lipinski definition) is 1. The molecule has 0 spiro atoms. The summed E-state index contributed by atoms with van der Waals surface area (Å²) in [5.74, 6) is 0.0822. The highest BCUT2D eigenvalue weighted by Crippen LogP contribution is 2.31. The number of aryl methyl sites for hydroxylation is 1. The Morgan fingerprint density at radius 2 is 1.35 bits per heavy atom. The lowest BCUT2D eigenvalue weighted by atomic mass is 10.0. The van der Waals surface area contributed by atoms with Gasteiger partial charge >= 0.3 is 0 Å². The standard InChI is InChI=1S/C41H41Cl2N3O5S/c1-4-30(3)44-41(48)39(26-31-12-7-5-8-13-31)45(27-36-37(42)16-11-17-38(36)43)40(47)28-46(52(49,50)35-24-18-29(2)19-25-35)32-20-22-34(23-21-32)51-33-14-9-6-10-15-33/h5-25,30,39H,4,26-28H2,1-3H3,(H,44,48)/t30-,39-/m1/s1. The molecule has 8 nitrogen and oxygen atoms in total. The Labute approximate surface area is 316 Å². The van der Waals surface area contributed by atoms with Crippen LogP contribution < -0.4 is 14.4 Å². The van der Waals surface area contributed by atoms with Crippen LogP contribution in [0.25, 0.3) is 0 Å². The lowest BCUT2D eigenvalue weighted by Gasteiger charge is -2.34. The van der Waals surface area contributed by atoms with Gasteiger partial charge in [-0.05, 0) is 86.5 Å². The van der Waals surface area contributed by atoms with Crippen LogP contribution in [0.2, 0.25) is 10.0 Å². The summed E-state index contributed by atoms with van der Waals surface area (Å²) in [7, 11) is -4.30. The van der Waals surface area contributed by atoms with Gasteiger partial charge in [0.05, 0.1) is 10.6 Å². The molecule has 0 radical (unpaired) electrons. The maximum absolute atomic E-state index is 14.8. The maximum Gasteiger partial charge on any atom is 0.264 e. The van der Waals surface area contributed by atoms with E-state index in [0.717, 1.165) is 15.4 Å². The Hall–Kier alpha value is -4.83. The summed E-state index contributed by atoms with van der Waals surface area (Å²) in [6, 6.07) is 35.2. The van der Waals surface area contributed by atoms with Gasteiger partial charge in [0, 0.05) is 34.6 Å². The van der Waals surface area contributed by atoms with Crippen LogP contribution in [-0.2, 0) is 32.6 Å². The number of benzene rings is 5. The highest BCUT2D eigenvalue weighted by Gasteiger charge is 2.35. The molecule has 0 bridgehead atoms. The van der Waals surface area contributed by atoms with Gasteiger partial charge in [0.25, 0.3) is 10.0 Å². The van der Waals surface area contributed by atoms with Crippen LogP contribution in [0, 0.1) is 6.92 Å². The fourth-order valence-corrected chi connectivity index (χ4v) is 7.45. The van der Waals surface area contributed by atoms with Crippen LogP contribution in [0.4, 0.5) is 5.69 Å². The van der Waals surface area contributed by atoms with Crippen LogP contribution in [0.15, 0.2) is 132 Å². The van der Waals surface area contributed by atoms with Crippen molar-refractivity contribution in [2.45, 2.75) is 57.1 Å². The van der Waals surface area contributed by atoms with Gasteiger partial charge in [0.2, 0.25) is 11.8 Å². The van der Waals surface area contributed by atoms with Crippen LogP contribution >= 0.6 is 23.2 Å². The number of carbonyl (C=O) groups is 2. The fourth-order valence-electron chi connectivity index (χ4n) is 5.52. The van der Waals surface area contributed by atoms with E-state index in [4.69, 9.17) is 27.9 Å². The molecule has 0 heterocycles. The molecule has 0 aliphatic carbocycles. The number of amides is 2. The molecule has 0 fully saturated rings. The zero-order chi connectivity index (χ0) is 37.3. The maximum atomic E-state index is 14.8. The van der Waals surface area contributed by atoms with Crippen molar-refractivity contribution in [3.8, 4) is 11.5 Å². The quantitative estimate of drug-likeness (QED) is 0.115. The average molecular weight is 759 g/mol. The summed E-state index contributed by atoms with van der Waals surface area (Å²) in [5, 5.41) is 3.65. The number of halogens is 2. The lowest BCUT2D eigenvalue weighted by molar-refractivity contribution is -0.140. The third-order valence-electron chi connectivity index (χ3n) is 8.65. The predicted molar refractivity (Wildman–Crippen MR) is 208 cm³/mol.